The molecule has 120 valence electrons. The number of rotatable bonds is 6. The molecule has 3 rings (SSSR count). The summed E-state index contributed by atoms with van der Waals surface area (Å²) in [6.07, 6.45) is 1.94. The number of amides is 1. The third-order valence-corrected chi connectivity index (χ3v) is 4.78. The maximum atomic E-state index is 12.1. The molecule has 1 amide bonds. The lowest BCUT2D eigenvalue weighted by atomic mass is 10.1. The van der Waals surface area contributed by atoms with E-state index >= 15 is 0 Å². The summed E-state index contributed by atoms with van der Waals surface area (Å²) in [4.78, 5) is 16.1. The minimum Gasteiger partial charge on any atom is -0.480 e. The van der Waals surface area contributed by atoms with Gasteiger partial charge in [0.05, 0.1) is 0 Å². The van der Waals surface area contributed by atoms with Crippen LogP contribution in [0.5, 0.6) is 5.75 Å². The zero-order valence-electron chi connectivity index (χ0n) is 12.5. The van der Waals surface area contributed by atoms with Crippen molar-refractivity contribution in [2.24, 2.45) is 0 Å². The summed E-state index contributed by atoms with van der Waals surface area (Å²) in [5.41, 5.74) is 2.23. The predicted molar refractivity (Wildman–Crippen MR) is 93.0 cm³/mol. The smallest absolute Gasteiger partial charge is 0.261 e. The van der Waals surface area contributed by atoms with Gasteiger partial charge in [-0.15, -0.1) is 0 Å². The van der Waals surface area contributed by atoms with Gasteiger partial charge in [0.1, 0.15) is 10.9 Å². The highest BCUT2D eigenvalue weighted by Gasteiger charge is 2.28. The van der Waals surface area contributed by atoms with E-state index in [-0.39, 0.29) is 5.91 Å². The van der Waals surface area contributed by atoms with Crippen LogP contribution in [0.2, 0.25) is 5.15 Å². The molecule has 1 atom stereocenters. The topological polar surface area (TPSA) is 51.2 Å². The van der Waals surface area contributed by atoms with Gasteiger partial charge in [0.2, 0.25) is 0 Å². The Balaban J connectivity index is 1.36. The quantitative estimate of drug-likeness (QED) is 0.644. The molecule has 0 aliphatic carbocycles. The van der Waals surface area contributed by atoms with Crippen LogP contribution in [0.4, 0.5) is 0 Å². The van der Waals surface area contributed by atoms with Gasteiger partial charge in [-0.25, -0.2) is 4.98 Å². The second-order valence-corrected chi connectivity index (χ2v) is 6.74. The maximum absolute atomic E-state index is 12.1. The summed E-state index contributed by atoms with van der Waals surface area (Å²) in [6, 6.07) is 11.6. The first-order chi connectivity index (χ1) is 11.2. The van der Waals surface area contributed by atoms with Crippen LogP contribution in [0.15, 0.2) is 42.6 Å². The van der Waals surface area contributed by atoms with Gasteiger partial charge in [0.15, 0.2) is 6.10 Å². The molecule has 1 aromatic carbocycles. The number of hydrogen-bond acceptors (Lipinski definition) is 4. The van der Waals surface area contributed by atoms with Crippen molar-refractivity contribution in [3.8, 4) is 5.75 Å². The van der Waals surface area contributed by atoms with Crippen LogP contribution < -0.4 is 10.1 Å². The van der Waals surface area contributed by atoms with Crippen molar-refractivity contribution in [2.75, 3.05) is 12.3 Å². The average Bonchev–Trinajstić information content (AvgIpc) is 2.98. The molecule has 0 saturated carbocycles. The molecular weight excluding hydrogens is 332 g/mol. The van der Waals surface area contributed by atoms with E-state index in [9.17, 15) is 4.79 Å². The van der Waals surface area contributed by atoms with Gasteiger partial charge in [0, 0.05) is 30.7 Å². The number of nitrogens with one attached hydrogen (secondary N) is 1. The molecule has 4 nitrogen and oxygen atoms in total. The molecule has 1 N–H and O–H groups in total. The van der Waals surface area contributed by atoms with Gasteiger partial charge < -0.3 is 10.1 Å². The van der Waals surface area contributed by atoms with Crippen molar-refractivity contribution in [3.63, 3.8) is 0 Å². The van der Waals surface area contributed by atoms with Crippen molar-refractivity contribution in [1.82, 2.24) is 10.3 Å². The lowest BCUT2D eigenvalue weighted by Gasteiger charge is -2.11. The van der Waals surface area contributed by atoms with Crippen molar-refractivity contribution < 1.29 is 9.53 Å². The number of ether oxygens (including phenoxy) is 1. The molecule has 0 saturated heterocycles. The van der Waals surface area contributed by atoms with Crippen molar-refractivity contribution in [3.05, 3.63) is 58.9 Å². The third kappa shape index (κ3) is 4.39. The lowest BCUT2D eigenvalue weighted by Crippen LogP contribution is -2.38. The van der Waals surface area contributed by atoms with Crippen molar-refractivity contribution >= 4 is 29.3 Å². The summed E-state index contributed by atoms with van der Waals surface area (Å²) in [7, 11) is 0. The Morgan fingerprint density at radius 1 is 1.39 bits per heavy atom. The normalized spacial score (nSPS) is 15.8. The van der Waals surface area contributed by atoms with E-state index in [1.54, 1.807) is 18.0 Å². The first-order valence-electron chi connectivity index (χ1n) is 7.43. The van der Waals surface area contributed by atoms with Crippen LogP contribution in [-0.4, -0.2) is 29.3 Å². The Bertz CT molecular complexity index is 671. The van der Waals surface area contributed by atoms with E-state index < -0.39 is 6.10 Å². The number of para-hydroxylation sites is 1. The highest BCUT2D eigenvalue weighted by molar-refractivity contribution is 7.98. The molecule has 0 spiro atoms. The minimum atomic E-state index is -0.406. The Morgan fingerprint density at radius 2 is 2.26 bits per heavy atom. The van der Waals surface area contributed by atoms with E-state index in [4.69, 9.17) is 16.3 Å². The first-order valence-corrected chi connectivity index (χ1v) is 8.96. The Hall–Kier alpha value is -1.72. The fourth-order valence-electron chi connectivity index (χ4n) is 2.41. The van der Waals surface area contributed by atoms with Crippen LogP contribution in [0.25, 0.3) is 0 Å². The zero-order chi connectivity index (χ0) is 16.1. The number of carbonyl (C=O) groups excluding carboxylic acids is 1. The highest BCUT2D eigenvalue weighted by Crippen LogP contribution is 2.28. The molecule has 23 heavy (non-hydrogen) atoms. The summed E-state index contributed by atoms with van der Waals surface area (Å²) in [6.45, 7) is 0.624. The van der Waals surface area contributed by atoms with E-state index in [1.165, 1.54) is 0 Å². The molecule has 0 radical (unpaired) electrons. The van der Waals surface area contributed by atoms with Crippen LogP contribution >= 0.6 is 23.4 Å². The van der Waals surface area contributed by atoms with Gasteiger partial charge in [-0.2, -0.15) is 11.8 Å². The van der Waals surface area contributed by atoms with Crippen LogP contribution in [0, 0.1) is 0 Å². The number of benzene rings is 1. The molecule has 0 unspecified atom stereocenters. The van der Waals surface area contributed by atoms with Crippen molar-refractivity contribution in [1.29, 1.82) is 0 Å². The molecule has 1 aliphatic rings. The van der Waals surface area contributed by atoms with E-state index in [2.05, 4.69) is 10.3 Å². The molecular formula is C17H17ClN2O2S. The average molecular weight is 349 g/mol. The van der Waals surface area contributed by atoms with E-state index in [1.807, 2.05) is 36.4 Å². The molecule has 6 heteroatoms. The minimum absolute atomic E-state index is 0.0474. The van der Waals surface area contributed by atoms with Gasteiger partial charge in [-0.1, -0.05) is 29.8 Å². The summed E-state index contributed by atoms with van der Waals surface area (Å²) >= 11 is 7.59. The standard InChI is InChI=1S/C17H17ClN2O2S/c18-16-9-12(5-6-19-16)11-23-8-7-20-17(21)15-10-13-3-1-2-4-14(13)22-15/h1-6,9,15H,7-8,10-11H2,(H,20,21)/t15-/m1/s1. The second kappa shape index (κ2) is 7.70. The van der Waals surface area contributed by atoms with Crippen LogP contribution in [-0.2, 0) is 17.0 Å². The first kappa shape index (κ1) is 16.1. The lowest BCUT2D eigenvalue weighted by molar-refractivity contribution is -0.127. The Labute approximate surface area is 144 Å². The SMILES string of the molecule is O=C(NCCSCc1ccnc(Cl)c1)[C@H]1Cc2ccccc2O1. The number of carbonyl (C=O) groups is 1. The number of halogens is 1. The van der Waals surface area contributed by atoms with Crippen LogP contribution in [0.3, 0.4) is 0 Å². The number of pyridine rings is 1. The zero-order valence-corrected chi connectivity index (χ0v) is 14.1. The van der Waals surface area contributed by atoms with Gasteiger partial charge >= 0.3 is 0 Å². The molecule has 1 aliphatic heterocycles. The van der Waals surface area contributed by atoms with Crippen molar-refractivity contribution in [2.45, 2.75) is 18.3 Å². The molecule has 2 heterocycles. The maximum Gasteiger partial charge on any atom is 0.261 e. The van der Waals surface area contributed by atoms with Gasteiger partial charge in [0.25, 0.3) is 5.91 Å². The number of aromatic nitrogens is 1. The summed E-state index contributed by atoms with van der Waals surface area (Å²) in [5.74, 6) is 2.46. The fourth-order valence-corrected chi connectivity index (χ4v) is 3.41. The molecule has 2 aromatic rings. The van der Waals surface area contributed by atoms with E-state index in [0.717, 1.165) is 28.4 Å². The van der Waals surface area contributed by atoms with E-state index in [0.29, 0.717) is 18.1 Å². The van der Waals surface area contributed by atoms with Crippen LogP contribution in [0.1, 0.15) is 11.1 Å². The van der Waals surface area contributed by atoms with Gasteiger partial charge in [-0.05, 0) is 29.3 Å². The van der Waals surface area contributed by atoms with Gasteiger partial charge in [-0.3, -0.25) is 4.79 Å². The fraction of sp³-hybridized carbons (Fsp3) is 0.294. The second-order valence-electron chi connectivity index (χ2n) is 5.25. The number of hydrogen-bond donors (Lipinski definition) is 1. The molecule has 0 bridgehead atoms. The molecule has 1 aromatic heterocycles. The monoisotopic (exact) mass is 348 g/mol. The Morgan fingerprint density at radius 3 is 3.09 bits per heavy atom. The third-order valence-electron chi connectivity index (χ3n) is 3.54. The number of nitrogens with zero attached hydrogens (tertiary/aromatic N) is 1. The highest BCUT2D eigenvalue weighted by atomic mass is 35.5. The molecule has 0 fully saturated rings. The number of fused-ring (bicyclic) bond motifs is 1. The summed E-state index contributed by atoms with van der Waals surface area (Å²) < 4.78 is 5.67. The Kier molecular flexibility index (Phi) is 5.41. The summed E-state index contributed by atoms with van der Waals surface area (Å²) in [5, 5.41) is 3.44. The number of thioether (sulfide) groups is 1. The predicted octanol–water partition coefficient (Wildman–Crippen LogP) is 3.09. The largest absolute Gasteiger partial charge is 0.480 e.